The molecule has 3 rings (SSSR count). The van der Waals surface area contributed by atoms with Crippen molar-refractivity contribution in [3.05, 3.63) is 36.0 Å². The minimum Gasteiger partial charge on any atom is -0.497 e. The van der Waals surface area contributed by atoms with E-state index in [0.29, 0.717) is 18.5 Å². The summed E-state index contributed by atoms with van der Waals surface area (Å²) in [6.07, 6.45) is 6.39. The summed E-state index contributed by atoms with van der Waals surface area (Å²) < 4.78 is 5.16. The van der Waals surface area contributed by atoms with Gasteiger partial charge in [0.15, 0.2) is 5.82 Å². The second kappa shape index (κ2) is 9.39. The van der Waals surface area contributed by atoms with E-state index in [0.717, 1.165) is 36.2 Å². The molecule has 150 valence electrons. The molecule has 7 nitrogen and oxygen atoms in total. The van der Waals surface area contributed by atoms with Crippen LogP contribution in [0, 0.1) is 0 Å². The van der Waals surface area contributed by atoms with Crippen molar-refractivity contribution < 1.29 is 9.53 Å². The molecule has 1 N–H and O–H groups in total. The number of methoxy groups -OCH3 is 1. The number of aromatic nitrogens is 2. The molecule has 0 spiro atoms. The molecule has 1 aromatic carbocycles. The van der Waals surface area contributed by atoms with Crippen LogP contribution >= 0.6 is 0 Å². The lowest BCUT2D eigenvalue weighted by Gasteiger charge is -2.28. The molecule has 28 heavy (non-hydrogen) atoms. The molecule has 1 aliphatic rings. The molecular formula is C21H29N5O2. The average molecular weight is 383 g/mol. The van der Waals surface area contributed by atoms with E-state index >= 15 is 0 Å². The Morgan fingerprint density at radius 2 is 1.89 bits per heavy atom. The first-order valence-corrected chi connectivity index (χ1v) is 9.79. The van der Waals surface area contributed by atoms with Crippen molar-refractivity contribution in [1.29, 1.82) is 0 Å². The monoisotopic (exact) mass is 383 g/mol. The summed E-state index contributed by atoms with van der Waals surface area (Å²) in [6.45, 7) is 1.97. The first kappa shape index (κ1) is 19.9. The zero-order valence-corrected chi connectivity index (χ0v) is 16.9. The Kier molecular flexibility index (Phi) is 6.68. The first-order chi connectivity index (χ1) is 13.6. The van der Waals surface area contributed by atoms with Gasteiger partial charge in [0.05, 0.1) is 13.3 Å². The molecular weight excluding hydrogens is 354 g/mol. The van der Waals surface area contributed by atoms with Crippen LogP contribution < -0.4 is 19.9 Å². The van der Waals surface area contributed by atoms with Gasteiger partial charge >= 0.3 is 0 Å². The minimum atomic E-state index is -0.0479. The maximum absolute atomic E-state index is 12.5. The van der Waals surface area contributed by atoms with E-state index in [1.165, 1.54) is 19.3 Å². The van der Waals surface area contributed by atoms with Gasteiger partial charge in [-0.2, -0.15) is 4.98 Å². The molecule has 1 fully saturated rings. The van der Waals surface area contributed by atoms with Crippen LogP contribution in [0.3, 0.4) is 0 Å². The quantitative estimate of drug-likeness (QED) is 0.792. The molecule has 2 heterocycles. The number of anilines is 3. The third-order valence-electron chi connectivity index (χ3n) is 4.89. The first-order valence-electron chi connectivity index (χ1n) is 9.79. The minimum absolute atomic E-state index is 0.0479. The van der Waals surface area contributed by atoms with Gasteiger partial charge in [0.25, 0.3) is 0 Å². The fourth-order valence-electron chi connectivity index (χ4n) is 3.30. The third kappa shape index (κ3) is 5.12. The van der Waals surface area contributed by atoms with Gasteiger partial charge in [0, 0.05) is 33.6 Å². The van der Waals surface area contributed by atoms with E-state index in [2.05, 4.69) is 15.2 Å². The van der Waals surface area contributed by atoms with Crippen molar-refractivity contribution in [2.45, 2.75) is 32.1 Å². The number of hydrogen-bond donors (Lipinski definition) is 1. The topological polar surface area (TPSA) is 70.6 Å². The fourth-order valence-corrected chi connectivity index (χ4v) is 3.30. The number of aryl methyl sites for hydroxylation is 1. The molecule has 0 atom stereocenters. The number of amides is 1. The smallest absolute Gasteiger partial charge is 0.227 e. The van der Waals surface area contributed by atoms with E-state index in [4.69, 9.17) is 9.72 Å². The van der Waals surface area contributed by atoms with Gasteiger partial charge < -0.3 is 19.9 Å². The highest BCUT2D eigenvalue weighted by Gasteiger charge is 2.17. The van der Waals surface area contributed by atoms with Crippen molar-refractivity contribution in [3.8, 4) is 5.75 Å². The largest absolute Gasteiger partial charge is 0.497 e. The predicted molar refractivity (Wildman–Crippen MR) is 112 cm³/mol. The summed E-state index contributed by atoms with van der Waals surface area (Å²) in [5, 5.41) is 2.97. The van der Waals surface area contributed by atoms with E-state index in [-0.39, 0.29) is 5.91 Å². The number of carbonyl (C=O) groups excluding carboxylic acids is 1. The highest BCUT2D eigenvalue weighted by Crippen LogP contribution is 2.25. The summed E-state index contributed by atoms with van der Waals surface area (Å²) in [5.41, 5.74) is 1.74. The van der Waals surface area contributed by atoms with Crippen LogP contribution in [0.15, 0.2) is 30.5 Å². The fraction of sp³-hybridized carbons (Fsp3) is 0.476. The number of piperidine rings is 1. The van der Waals surface area contributed by atoms with Crippen LogP contribution in [-0.2, 0) is 11.2 Å². The molecule has 7 heteroatoms. The number of ether oxygens (including phenoxy) is 1. The van der Waals surface area contributed by atoms with Gasteiger partial charge in [-0.05, 0) is 43.4 Å². The summed E-state index contributed by atoms with van der Waals surface area (Å²) >= 11 is 0. The van der Waals surface area contributed by atoms with Gasteiger partial charge in [-0.3, -0.25) is 4.79 Å². The lowest BCUT2D eigenvalue weighted by molar-refractivity contribution is -0.116. The zero-order valence-electron chi connectivity index (χ0n) is 16.9. The Hall–Kier alpha value is -2.83. The maximum atomic E-state index is 12.5. The second-order valence-electron chi connectivity index (χ2n) is 7.25. The average Bonchev–Trinajstić information content (AvgIpc) is 2.73. The predicted octanol–water partition coefficient (Wildman–Crippen LogP) is 3.11. The number of carbonyl (C=O) groups is 1. The van der Waals surface area contributed by atoms with Gasteiger partial charge in [-0.25, -0.2) is 4.98 Å². The van der Waals surface area contributed by atoms with Gasteiger partial charge in [0.1, 0.15) is 11.4 Å². The second-order valence-corrected chi connectivity index (χ2v) is 7.25. The Morgan fingerprint density at radius 1 is 1.18 bits per heavy atom. The van der Waals surface area contributed by atoms with E-state index in [9.17, 15) is 4.79 Å². The molecule has 0 radical (unpaired) electrons. The number of benzene rings is 1. The summed E-state index contributed by atoms with van der Waals surface area (Å²) in [5.74, 6) is 2.23. The highest BCUT2D eigenvalue weighted by molar-refractivity contribution is 5.93. The van der Waals surface area contributed by atoms with Crippen molar-refractivity contribution >= 4 is 23.4 Å². The number of rotatable bonds is 7. The van der Waals surface area contributed by atoms with Crippen LogP contribution in [-0.4, -0.2) is 50.2 Å². The van der Waals surface area contributed by atoms with E-state index in [1.54, 1.807) is 13.3 Å². The van der Waals surface area contributed by atoms with Gasteiger partial charge in [-0.1, -0.05) is 12.1 Å². The lowest BCUT2D eigenvalue weighted by Crippen LogP contribution is -2.31. The SMILES string of the molecule is COc1ccc(CCC(=O)Nc2cnc(N3CCCCC3)nc2N(C)C)cc1. The summed E-state index contributed by atoms with van der Waals surface area (Å²) in [7, 11) is 5.49. The molecule has 1 aliphatic heterocycles. The maximum Gasteiger partial charge on any atom is 0.227 e. The Balaban J connectivity index is 1.63. The number of nitrogens with zero attached hydrogens (tertiary/aromatic N) is 4. The normalized spacial score (nSPS) is 13.9. The van der Waals surface area contributed by atoms with Crippen LogP contribution in [0.2, 0.25) is 0 Å². The van der Waals surface area contributed by atoms with Crippen LogP contribution in [0.5, 0.6) is 5.75 Å². The summed E-state index contributed by atoms with van der Waals surface area (Å²) in [6, 6.07) is 7.77. The van der Waals surface area contributed by atoms with Gasteiger partial charge in [0.2, 0.25) is 11.9 Å². The van der Waals surface area contributed by atoms with E-state index in [1.807, 2.05) is 43.3 Å². The zero-order chi connectivity index (χ0) is 19.9. The molecule has 0 saturated carbocycles. The third-order valence-corrected chi connectivity index (χ3v) is 4.89. The Morgan fingerprint density at radius 3 is 2.54 bits per heavy atom. The molecule has 0 bridgehead atoms. The molecule has 1 saturated heterocycles. The molecule has 2 aromatic rings. The van der Waals surface area contributed by atoms with Crippen molar-refractivity contribution in [3.63, 3.8) is 0 Å². The van der Waals surface area contributed by atoms with Gasteiger partial charge in [-0.15, -0.1) is 0 Å². The van der Waals surface area contributed by atoms with Crippen molar-refractivity contribution in [1.82, 2.24) is 9.97 Å². The molecule has 1 amide bonds. The van der Waals surface area contributed by atoms with Crippen LogP contribution in [0.4, 0.5) is 17.5 Å². The highest BCUT2D eigenvalue weighted by atomic mass is 16.5. The van der Waals surface area contributed by atoms with Crippen molar-refractivity contribution in [2.24, 2.45) is 0 Å². The number of hydrogen-bond acceptors (Lipinski definition) is 6. The Labute approximate surface area is 166 Å². The molecule has 0 aliphatic carbocycles. The molecule has 1 aromatic heterocycles. The lowest BCUT2D eigenvalue weighted by atomic mass is 10.1. The standard InChI is InChI=1S/C21H29N5O2/c1-25(2)20-18(15-22-21(24-20)26-13-5-4-6-14-26)23-19(27)12-9-16-7-10-17(28-3)11-8-16/h7-8,10-11,15H,4-6,9,12-14H2,1-3H3,(H,23,27). The van der Waals surface area contributed by atoms with E-state index < -0.39 is 0 Å². The van der Waals surface area contributed by atoms with Crippen LogP contribution in [0.1, 0.15) is 31.2 Å². The number of nitrogens with one attached hydrogen (secondary N) is 1. The molecule has 0 unspecified atom stereocenters. The van der Waals surface area contributed by atoms with Crippen LogP contribution in [0.25, 0.3) is 0 Å². The Bertz CT molecular complexity index is 786. The van der Waals surface area contributed by atoms with Crippen molar-refractivity contribution in [2.75, 3.05) is 49.4 Å². The summed E-state index contributed by atoms with van der Waals surface area (Å²) in [4.78, 5) is 25.8.